The van der Waals surface area contributed by atoms with Gasteiger partial charge in [0.15, 0.2) is 11.6 Å². The topological polar surface area (TPSA) is 93.1 Å². The lowest BCUT2D eigenvalue weighted by Gasteiger charge is -2.25. The third-order valence-electron chi connectivity index (χ3n) is 3.42. The average molecular weight is 383 g/mol. The Morgan fingerprint density at radius 3 is 2.46 bits per heavy atom. The van der Waals surface area contributed by atoms with Crippen LogP contribution in [0, 0.1) is 5.82 Å². The summed E-state index contributed by atoms with van der Waals surface area (Å²) in [5.41, 5.74) is 0.0491. The van der Waals surface area contributed by atoms with E-state index >= 15 is 0 Å². The van der Waals surface area contributed by atoms with Crippen LogP contribution in [-0.2, 0) is 14.8 Å². The van der Waals surface area contributed by atoms with Crippen molar-refractivity contribution >= 4 is 21.7 Å². The van der Waals surface area contributed by atoms with E-state index in [0.717, 1.165) is 18.2 Å². The molecule has 0 saturated carbocycles. The fourth-order valence-electron chi connectivity index (χ4n) is 2.30. The molecule has 2 aromatic carbocycles. The van der Waals surface area contributed by atoms with E-state index in [1.807, 2.05) is 0 Å². The van der Waals surface area contributed by atoms with Crippen molar-refractivity contribution in [3.8, 4) is 11.5 Å². The molecule has 2 rings (SSSR count). The van der Waals surface area contributed by atoms with Gasteiger partial charge in [-0.3, -0.25) is 9.10 Å². The lowest BCUT2D eigenvalue weighted by molar-refractivity contribution is -0.135. The van der Waals surface area contributed by atoms with Crippen molar-refractivity contribution in [1.82, 2.24) is 0 Å². The molecule has 0 heterocycles. The van der Waals surface area contributed by atoms with Gasteiger partial charge in [0.1, 0.15) is 12.3 Å². The minimum absolute atomic E-state index is 0.0491. The molecule has 9 heteroatoms. The van der Waals surface area contributed by atoms with Gasteiger partial charge in [-0.2, -0.15) is 0 Å². The second-order valence-corrected chi connectivity index (χ2v) is 6.96. The summed E-state index contributed by atoms with van der Waals surface area (Å²) in [6.45, 7) is 1.13. The Hall–Kier alpha value is -2.81. The first-order valence-corrected chi connectivity index (χ1v) is 9.05. The van der Waals surface area contributed by atoms with Gasteiger partial charge in [-0.1, -0.05) is 12.1 Å². The first kappa shape index (κ1) is 19.5. The number of nitrogens with zero attached hydrogens (tertiary/aromatic N) is 1. The van der Waals surface area contributed by atoms with Crippen LogP contribution < -0.4 is 13.8 Å². The molecule has 0 bridgehead atoms. The zero-order valence-electron chi connectivity index (χ0n) is 14.2. The second-order valence-electron chi connectivity index (χ2n) is 5.10. The number of benzene rings is 2. The number of halogens is 1. The molecule has 0 aliphatic heterocycles. The van der Waals surface area contributed by atoms with Crippen LogP contribution in [0.1, 0.15) is 6.92 Å². The van der Waals surface area contributed by atoms with E-state index in [9.17, 15) is 22.7 Å². The monoisotopic (exact) mass is 383 g/mol. The van der Waals surface area contributed by atoms with Gasteiger partial charge in [0.25, 0.3) is 10.0 Å². The molecule has 7 nitrogen and oxygen atoms in total. The number of ether oxygens (including phenoxy) is 2. The highest BCUT2D eigenvalue weighted by Gasteiger charge is 2.30. The molecule has 0 radical (unpaired) electrons. The van der Waals surface area contributed by atoms with Crippen LogP contribution in [0.3, 0.4) is 0 Å². The normalized spacial score (nSPS) is 11.0. The highest BCUT2D eigenvalue weighted by molar-refractivity contribution is 7.92. The fourth-order valence-corrected chi connectivity index (χ4v) is 3.74. The van der Waals surface area contributed by atoms with Crippen LogP contribution in [0.5, 0.6) is 11.5 Å². The van der Waals surface area contributed by atoms with Gasteiger partial charge in [0, 0.05) is 0 Å². The minimum Gasteiger partial charge on any atom is -0.494 e. The SMILES string of the molecule is CCOc1ccccc1N(CC(=O)O)S(=O)(=O)c1ccc(OC)c(F)c1. The molecule has 1 N–H and O–H groups in total. The Morgan fingerprint density at radius 1 is 1.19 bits per heavy atom. The van der Waals surface area contributed by atoms with Gasteiger partial charge in [-0.05, 0) is 37.3 Å². The van der Waals surface area contributed by atoms with E-state index in [0.29, 0.717) is 4.31 Å². The minimum atomic E-state index is -4.36. The van der Waals surface area contributed by atoms with Crippen LogP contribution in [0.4, 0.5) is 10.1 Å². The molecule has 0 aromatic heterocycles. The number of sulfonamides is 1. The van der Waals surface area contributed by atoms with Crippen LogP contribution in [0.25, 0.3) is 0 Å². The van der Waals surface area contributed by atoms with Crippen molar-refractivity contribution in [3.05, 3.63) is 48.3 Å². The van der Waals surface area contributed by atoms with Gasteiger partial charge in [-0.15, -0.1) is 0 Å². The number of hydrogen-bond donors (Lipinski definition) is 1. The summed E-state index contributed by atoms with van der Waals surface area (Å²) >= 11 is 0. The van der Waals surface area contributed by atoms with E-state index in [4.69, 9.17) is 9.47 Å². The van der Waals surface area contributed by atoms with Gasteiger partial charge in [0.2, 0.25) is 0 Å². The number of carboxylic acids is 1. The molecular formula is C17H18FNO6S. The van der Waals surface area contributed by atoms with E-state index < -0.39 is 33.3 Å². The Bertz CT molecular complexity index is 900. The van der Waals surface area contributed by atoms with Crippen molar-refractivity contribution in [2.45, 2.75) is 11.8 Å². The molecule has 2 aromatic rings. The van der Waals surface area contributed by atoms with Gasteiger partial charge >= 0.3 is 5.97 Å². The third-order valence-corrected chi connectivity index (χ3v) is 5.18. The highest BCUT2D eigenvalue weighted by atomic mass is 32.2. The number of rotatable bonds is 8. The summed E-state index contributed by atoms with van der Waals surface area (Å²) in [6.07, 6.45) is 0. The summed E-state index contributed by atoms with van der Waals surface area (Å²) in [5, 5.41) is 9.17. The Balaban J connectivity index is 2.59. The third kappa shape index (κ3) is 4.05. The molecular weight excluding hydrogens is 365 g/mol. The smallest absolute Gasteiger partial charge is 0.324 e. The first-order valence-electron chi connectivity index (χ1n) is 7.61. The van der Waals surface area contributed by atoms with Crippen LogP contribution >= 0.6 is 0 Å². The lowest BCUT2D eigenvalue weighted by Crippen LogP contribution is -2.36. The zero-order chi connectivity index (χ0) is 19.3. The average Bonchev–Trinajstić information content (AvgIpc) is 2.60. The van der Waals surface area contributed by atoms with Gasteiger partial charge in [-0.25, -0.2) is 12.8 Å². The number of methoxy groups -OCH3 is 1. The van der Waals surface area contributed by atoms with Crippen molar-refractivity contribution in [2.75, 3.05) is 24.6 Å². The van der Waals surface area contributed by atoms with Crippen molar-refractivity contribution in [1.29, 1.82) is 0 Å². The van der Waals surface area contributed by atoms with Crippen LogP contribution in [0.2, 0.25) is 0 Å². The van der Waals surface area contributed by atoms with Crippen molar-refractivity contribution in [2.24, 2.45) is 0 Å². The summed E-state index contributed by atoms with van der Waals surface area (Å²) < 4.78 is 50.8. The molecule has 0 amide bonds. The summed E-state index contributed by atoms with van der Waals surface area (Å²) in [5.74, 6) is -2.16. The number of para-hydroxylation sites is 2. The quantitative estimate of drug-likeness (QED) is 0.753. The first-order chi connectivity index (χ1) is 12.3. The Morgan fingerprint density at radius 2 is 1.88 bits per heavy atom. The van der Waals surface area contributed by atoms with Gasteiger partial charge < -0.3 is 14.6 Å². The highest BCUT2D eigenvalue weighted by Crippen LogP contribution is 2.33. The van der Waals surface area contributed by atoms with E-state index in [1.54, 1.807) is 19.1 Å². The molecule has 140 valence electrons. The maximum atomic E-state index is 14.0. The van der Waals surface area contributed by atoms with E-state index in [-0.39, 0.29) is 23.8 Å². The second kappa shape index (κ2) is 8.05. The maximum Gasteiger partial charge on any atom is 0.324 e. The summed E-state index contributed by atoms with van der Waals surface area (Å²) in [7, 11) is -3.11. The zero-order valence-corrected chi connectivity index (χ0v) is 15.0. The Labute approximate surface area is 150 Å². The van der Waals surface area contributed by atoms with Gasteiger partial charge in [0.05, 0.1) is 24.3 Å². The molecule has 0 spiro atoms. The van der Waals surface area contributed by atoms with Crippen LogP contribution in [0.15, 0.2) is 47.4 Å². The standard InChI is InChI=1S/C17H18FNO6S/c1-3-25-16-7-5-4-6-14(16)19(11-17(20)21)26(22,23)12-8-9-15(24-2)13(18)10-12/h4-10H,3,11H2,1-2H3,(H,20,21). The molecule has 26 heavy (non-hydrogen) atoms. The number of anilines is 1. The largest absolute Gasteiger partial charge is 0.494 e. The molecule has 0 atom stereocenters. The number of carboxylic acid groups (broad SMARTS) is 1. The molecule has 0 aliphatic carbocycles. The molecule has 0 saturated heterocycles. The van der Waals surface area contributed by atoms with Crippen LogP contribution in [-0.4, -0.2) is 39.8 Å². The molecule has 0 unspecified atom stereocenters. The number of aliphatic carboxylic acids is 1. The fraction of sp³-hybridized carbons (Fsp3) is 0.235. The lowest BCUT2D eigenvalue weighted by atomic mass is 10.3. The number of hydrogen-bond acceptors (Lipinski definition) is 5. The predicted molar refractivity (Wildman–Crippen MR) is 92.7 cm³/mol. The van der Waals surface area contributed by atoms with Crippen molar-refractivity contribution < 1.29 is 32.2 Å². The Kier molecular flexibility index (Phi) is 6.04. The van der Waals surface area contributed by atoms with E-state index in [1.165, 1.54) is 19.2 Å². The van der Waals surface area contributed by atoms with Crippen molar-refractivity contribution in [3.63, 3.8) is 0 Å². The number of carbonyl (C=O) groups is 1. The summed E-state index contributed by atoms with van der Waals surface area (Å²) in [4.78, 5) is 10.9. The van der Waals surface area contributed by atoms with E-state index in [2.05, 4.69) is 0 Å². The molecule has 0 aliphatic rings. The maximum absolute atomic E-state index is 14.0. The predicted octanol–water partition coefficient (Wildman–Crippen LogP) is 2.51. The summed E-state index contributed by atoms with van der Waals surface area (Å²) in [6, 6.07) is 9.23. The molecule has 0 fully saturated rings.